The van der Waals surface area contributed by atoms with Crippen LogP contribution in [0.4, 0.5) is 5.69 Å². The van der Waals surface area contributed by atoms with E-state index in [1.165, 1.54) is 10.9 Å². The van der Waals surface area contributed by atoms with Crippen LogP contribution in [0.3, 0.4) is 0 Å². The minimum absolute atomic E-state index is 0.0923. The third-order valence-electron chi connectivity index (χ3n) is 6.32. The van der Waals surface area contributed by atoms with Gasteiger partial charge in [0.2, 0.25) is 5.91 Å². The molecule has 1 aromatic carbocycles. The van der Waals surface area contributed by atoms with Gasteiger partial charge in [0, 0.05) is 13.1 Å². The Morgan fingerprint density at radius 2 is 1.86 bits per heavy atom. The number of para-hydroxylation sites is 1. The molecule has 10 heteroatoms. The Hall–Kier alpha value is -3.53. The average Bonchev–Trinajstić information content (AvgIpc) is 3.17. The van der Waals surface area contributed by atoms with Gasteiger partial charge in [0.25, 0.3) is 11.5 Å². The quantitative estimate of drug-likeness (QED) is 0.507. The number of fused-ring (bicyclic) bond motifs is 1. The Bertz CT molecular complexity index is 1370. The molecule has 2 amide bonds. The number of aromatic nitrogens is 2. The number of rotatable bonds is 6. The van der Waals surface area contributed by atoms with Gasteiger partial charge in [0.05, 0.1) is 34.4 Å². The summed E-state index contributed by atoms with van der Waals surface area (Å²) in [5, 5.41) is 3.08. The number of likely N-dealkylation sites (tertiary alicyclic amines) is 1. The Labute approximate surface area is 213 Å². The molecular weight excluding hydrogens is 480 g/mol. The van der Waals surface area contributed by atoms with E-state index in [1.54, 1.807) is 38.1 Å². The van der Waals surface area contributed by atoms with Crippen molar-refractivity contribution in [2.75, 3.05) is 25.0 Å². The first-order valence-corrected chi connectivity index (χ1v) is 12.8. The lowest BCUT2D eigenvalue weighted by Crippen LogP contribution is -2.44. The number of nitrogens with zero attached hydrogens (tertiary/aromatic N) is 3. The SMILES string of the molecule is CCOC(=O)c1ccccc1NC(=O)c1sc2ncn(CC(=O)N3C[C@H](C)C[C@@H](C)C3)c(=O)c2c1C. The lowest BCUT2D eigenvalue weighted by molar-refractivity contribution is -0.134. The van der Waals surface area contributed by atoms with E-state index < -0.39 is 11.9 Å². The fourth-order valence-electron chi connectivity index (χ4n) is 4.76. The molecule has 0 saturated carbocycles. The molecule has 2 atom stereocenters. The molecule has 1 saturated heterocycles. The van der Waals surface area contributed by atoms with E-state index in [-0.39, 0.29) is 30.2 Å². The minimum Gasteiger partial charge on any atom is -0.462 e. The van der Waals surface area contributed by atoms with Crippen LogP contribution in [0, 0.1) is 18.8 Å². The summed E-state index contributed by atoms with van der Waals surface area (Å²) in [5.41, 5.74) is 0.692. The van der Waals surface area contributed by atoms with Crippen LogP contribution in [0.25, 0.3) is 10.2 Å². The zero-order valence-electron chi connectivity index (χ0n) is 20.9. The van der Waals surface area contributed by atoms with Gasteiger partial charge in [-0.1, -0.05) is 26.0 Å². The molecule has 3 heterocycles. The van der Waals surface area contributed by atoms with Crippen LogP contribution >= 0.6 is 11.3 Å². The van der Waals surface area contributed by atoms with Crippen molar-refractivity contribution >= 4 is 45.0 Å². The summed E-state index contributed by atoms with van der Waals surface area (Å²) in [6.45, 7) is 9.14. The number of anilines is 1. The first-order valence-electron chi connectivity index (χ1n) is 12.0. The number of hydrogen-bond donors (Lipinski definition) is 1. The normalized spacial score (nSPS) is 17.7. The molecule has 9 nitrogen and oxygen atoms in total. The number of carbonyl (C=O) groups excluding carboxylic acids is 3. The van der Waals surface area contributed by atoms with Gasteiger partial charge >= 0.3 is 5.97 Å². The zero-order chi connectivity index (χ0) is 26.0. The van der Waals surface area contributed by atoms with Gasteiger partial charge in [0.15, 0.2) is 0 Å². The molecule has 3 aromatic rings. The molecule has 4 rings (SSSR count). The van der Waals surface area contributed by atoms with Gasteiger partial charge in [-0.25, -0.2) is 9.78 Å². The van der Waals surface area contributed by atoms with Crippen LogP contribution in [0.5, 0.6) is 0 Å². The van der Waals surface area contributed by atoms with Crippen LogP contribution in [0.1, 0.15) is 52.8 Å². The number of nitrogens with one attached hydrogen (secondary N) is 1. The maximum Gasteiger partial charge on any atom is 0.340 e. The first kappa shape index (κ1) is 25.6. The van der Waals surface area contributed by atoms with Crippen molar-refractivity contribution in [2.24, 2.45) is 11.8 Å². The number of esters is 1. The van der Waals surface area contributed by atoms with Gasteiger partial charge in [-0.3, -0.25) is 19.0 Å². The van der Waals surface area contributed by atoms with Crippen molar-refractivity contribution in [2.45, 2.75) is 40.7 Å². The summed E-state index contributed by atoms with van der Waals surface area (Å²) in [5.74, 6) is -0.259. The third kappa shape index (κ3) is 5.18. The molecule has 2 aromatic heterocycles. The summed E-state index contributed by atoms with van der Waals surface area (Å²) >= 11 is 1.10. The summed E-state index contributed by atoms with van der Waals surface area (Å²) in [4.78, 5) is 58.5. The number of thiophene rings is 1. The molecule has 1 aliphatic rings. The second-order valence-corrected chi connectivity index (χ2v) is 10.4. The van der Waals surface area contributed by atoms with E-state index >= 15 is 0 Å². The van der Waals surface area contributed by atoms with Gasteiger partial charge < -0.3 is 15.0 Å². The van der Waals surface area contributed by atoms with Crippen LogP contribution < -0.4 is 10.9 Å². The van der Waals surface area contributed by atoms with Crippen LogP contribution in [0.15, 0.2) is 35.4 Å². The summed E-state index contributed by atoms with van der Waals surface area (Å²) < 4.78 is 6.38. The highest BCUT2D eigenvalue weighted by molar-refractivity contribution is 7.20. The Balaban J connectivity index is 1.59. The van der Waals surface area contributed by atoms with Crippen molar-refractivity contribution < 1.29 is 19.1 Å². The summed E-state index contributed by atoms with van der Waals surface area (Å²) in [6, 6.07) is 6.58. The van der Waals surface area contributed by atoms with E-state index in [1.807, 2.05) is 4.90 Å². The van der Waals surface area contributed by atoms with Crippen molar-refractivity contribution in [1.82, 2.24) is 14.5 Å². The molecule has 0 bridgehead atoms. The molecule has 0 unspecified atom stereocenters. The second-order valence-electron chi connectivity index (χ2n) is 9.38. The van der Waals surface area contributed by atoms with Crippen LogP contribution in [-0.2, 0) is 16.1 Å². The highest BCUT2D eigenvalue weighted by atomic mass is 32.1. The maximum absolute atomic E-state index is 13.3. The lowest BCUT2D eigenvalue weighted by Gasteiger charge is -2.35. The monoisotopic (exact) mass is 510 g/mol. The summed E-state index contributed by atoms with van der Waals surface area (Å²) in [6.07, 6.45) is 2.45. The van der Waals surface area contributed by atoms with Crippen LogP contribution in [0.2, 0.25) is 0 Å². The van der Waals surface area contributed by atoms with Crippen molar-refractivity contribution in [3.8, 4) is 0 Å². The number of piperidine rings is 1. The van der Waals surface area contributed by atoms with Gasteiger partial charge in [-0.05, 0) is 49.8 Å². The fourth-order valence-corrected chi connectivity index (χ4v) is 5.79. The van der Waals surface area contributed by atoms with Gasteiger partial charge in [-0.15, -0.1) is 11.3 Å². The molecule has 36 heavy (non-hydrogen) atoms. The van der Waals surface area contributed by atoms with Crippen molar-refractivity contribution in [1.29, 1.82) is 0 Å². The van der Waals surface area contributed by atoms with Gasteiger partial charge in [0.1, 0.15) is 11.4 Å². The first-order chi connectivity index (χ1) is 17.2. The molecule has 0 spiro atoms. The molecule has 1 N–H and O–H groups in total. The molecule has 1 aliphatic heterocycles. The lowest BCUT2D eigenvalue weighted by atomic mass is 9.92. The van der Waals surface area contributed by atoms with E-state index in [0.29, 0.717) is 51.3 Å². The van der Waals surface area contributed by atoms with E-state index in [9.17, 15) is 19.2 Å². The second kappa shape index (κ2) is 10.6. The maximum atomic E-state index is 13.3. The largest absolute Gasteiger partial charge is 0.462 e. The topological polar surface area (TPSA) is 111 Å². The molecule has 0 radical (unpaired) electrons. The Morgan fingerprint density at radius 1 is 1.17 bits per heavy atom. The Kier molecular flexibility index (Phi) is 7.53. The number of benzene rings is 1. The predicted octanol–water partition coefficient (Wildman–Crippen LogP) is 3.70. The average molecular weight is 511 g/mol. The predicted molar refractivity (Wildman–Crippen MR) is 138 cm³/mol. The van der Waals surface area contributed by atoms with Crippen molar-refractivity contribution in [3.05, 3.63) is 57.0 Å². The smallest absolute Gasteiger partial charge is 0.340 e. The molecule has 190 valence electrons. The highest BCUT2D eigenvalue weighted by Crippen LogP contribution is 2.28. The summed E-state index contributed by atoms with van der Waals surface area (Å²) in [7, 11) is 0. The number of carbonyl (C=O) groups is 3. The Morgan fingerprint density at radius 3 is 2.56 bits per heavy atom. The van der Waals surface area contributed by atoms with E-state index in [0.717, 1.165) is 17.8 Å². The molecular formula is C26H30N4O5S. The highest BCUT2D eigenvalue weighted by Gasteiger charge is 2.26. The third-order valence-corrected chi connectivity index (χ3v) is 7.52. The van der Waals surface area contributed by atoms with E-state index in [2.05, 4.69) is 24.1 Å². The molecule has 0 aliphatic carbocycles. The number of hydrogen-bond acceptors (Lipinski definition) is 7. The standard InChI is InChI=1S/C26H30N4O5S/c1-5-35-26(34)18-8-6-7-9-19(18)28-23(32)22-17(4)21-24(36-22)27-14-30(25(21)33)13-20(31)29-11-15(2)10-16(3)12-29/h6-9,14-16H,5,10-13H2,1-4H3,(H,28,32)/t15-,16-/m1/s1. The van der Waals surface area contributed by atoms with Crippen molar-refractivity contribution in [3.63, 3.8) is 0 Å². The molecule has 1 fully saturated rings. The zero-order valence-corrected chi connectivity index (χ0v) is 21.7. The van der Waals surface area contributed by atoms with Gasteiger partial charge in [-0.2, -0.15) is 0 Å². The van der Waals surface area contributed by atoms with E-state index in [4.69, 9.17) is 4.74 Å². The number of ether oxygens (including phenoxy) is 1. The number of amides is 2. The minimum atomic E-state index is -0.534. The fraction of sp³-hybridized carbons (Fsp3) is 0.423. The van der Waals surface area contributed by atoms with Crippen LogP contribution in [-0.4, -0.2) is 51.9 Å². The number of aryl methyl sites for hydroxylation is 1.